The zero-order valence-electron chi connectivity index (χ0n) is 14.0. The van der Waals surface area contributed by atoms with Crippen molar-refractivity contribution < 1.29 is 4.74 Å². The molecular formula is C22H23NO. The molecule has 0 spiro atoms. The smallest absolute Gasteiger partial charge is 0.124 e. The van der Waals surface area contributed by atoms with Crippen molar-refractivity contribution >= 4 is 10.8 Å². The van der Waals surface area contributed by atoms with Crippen LogP contribution in [0.1, 0.15) is 30.0 Å². The summed E-state index contributed by atoms with van der Waals surface area (Å²) in [4.78, 5) is 0. The van der Waals surface area contributed by atoms with Crippen LogP contribution >= 0.6 is 0 Å². The first kappa shape index (κ1) is 15.2. The monoisotopic (exact) mass is 317 g/mol. The number of benzene rings is 3. The van der Waals surface area contributed by atoms with Gasteiger partial charge >= 0.3 is 0 Å². The normalized spacial score (nSPS) is 15.4. The average Bonchev–Trinajstić information content (AvgIpc) is 3.47. The quantitative estimate of drug-likeness (QED) is 0.695. The van der Waals surface area contributed by atoms with Crippen LogP contribution in [0.3, 0.4) is 0 Å². The first-order chi connectivity index (χ1) is 11.9. The van der Waals surface area contributed by atoms with Crippen LogP contribution < -0.4 is 10.1 Å². The second kappa shape index (κ2) is 6.66. The second-order valence-electron chi connectivity index (χ2n) is 6.60. The highest BCUT2D eigenvalue weighted by Crippen LogP contribution is 2.37. The third kappa shape index (κ3) is 3.02. The molecule has 122 valence electrons. The Morgan fingerprint density at radius 3 is 2.46 bits per heavy atom. The van der Waals surface area contributed by atoms with Crippen LogP contribution in [0.15, 0.2) is 66.7 Å². The van der Waals surface area contributed by atoms with Crippen LogP contribution in [-0.2, 0) is 0 Å². The zero-order valence-corrected chi connectivity index (χ0v) is 14.0. The molecule has 1 aliphatic carbocycles. The maximum absolute atomic E-state index is 5.74. The minimum absolute atomic E-state index is 0.146. The van der Waals surface area contributed by atoms with Crippen molar-refractivity contribution in [2.45, 2.75) is 18.9 Å². The summed E-state index contributed by atoms with van der Waals surface area (Å²) in [7, 11) is 1.76. The summed E-state index contributed by atoms with van der Waals surface area (Å²) in [6.07, 6.45) is 2.70. The SMILES string of the molecule is COc1ccc2ccccc2c1C(NCC1CC1)c1ccccc1. The lowest BCUT2D eigenvalue weighted by Gasteiger charge is -2.24. The third-order valence-corrected chi connectivity index (χ3v) is 4.88. The molecule has 1 N–H and O–H groups in total. The second-order valence-corrected chi connectivity index (χ2v) is 6.60. The summed E-state index contributed by atoms with van der Waals surface area (Å²) in [5.74, 6) is 1.78. The van der Waals surface area contributed by atoms with Crippen LogP contribution in [0.5, 0.6) is 5.75 Å². The fourth-order valence-corrected chi connectivity index (χ4v) is 3.39. The van der Waals surface area contributed by atoms with E-state index in [1.165, 1.54) is 34.7 Å². The van der Waals surface area contributed by atoms with E-state index >= 15 is 0 Å². The summed E-state index contributed by atoms with van der Waals surface area (Å²) in [6, 6.07) is 23.6. The lowest BCUT2D eigenvalue weighted by molar-refractivity contribution is 0.404. The number of hydrogen-bond donors (Lipinski definition) is 1. The lowest BCUT2D eigenvalue weighted by atomic mass is 9.92. The number of ether oxygens (including phenoxy) is 1. The fraction of sp³-hybridized carbons (Fsp3) is 0.273. The first-order valence-electron chi connectivity index (χ1n) is 8.71. The van der Waals surface area contributed by atoms with Gasteiger partial charge < -0.3 is 10.1 Å². The van der Waals surface area contributed by atoms with Crippen molar-refractivity contribution in [1.29, 1.82) is 0 Å². The van der Waals surface area contributed by atoms with E-state index in [0.717, 1.165) is 18.2 Å². The molecule has 0 aromatic heterocycles. The lowest BCUT2D eigenvalue weighted by Crippen LogP contribution is -2.25. The highest BCUT2D eigenvalue weighted by Gasteiger charge is 2.25. The van der Waals surface area contributed by atoms with E-state index in [1.54, 1.807) is 7.11 Å². The van der Waals surface area contributed by atoms with Gasteiger partial charge in [0.15, 0.2) is 0 Å². The number of nitrogens with one attached hydrogen (secondary N) is 1. The average molecular weight is 317 g/mol. The largest absolute Gasteiger partial charge is 0.496 e. The summed E-state index contributed by atoms with van der Waals surface area (Å²) < 4.78 is 5.74. The minimum Gasteiger partial charge on any atom is -0.496 e. The molecule has 1 atom stereocenters. The maximum atomic E-state index is 5.74. The van der Waals surface area contributed by atoms with E-state index in [1.807, 2.05) is 0 Å². The van der Waals surface area contributed by atoms with E-state index in [-0.39, 0.29) is 6.04 Å². The summed E-state index contributed by atoms with van der Waals surface area (Å²) in [6.45, 7) is 1.06. The molecule has 1 saturated carbocycles. The minimum atomic E-state index is 0.146. The molecule has 0 aliphatic heterocycles. The van der Waals surface area contributed by atoms with Crippen molar-refractivity contribution in [3.05, 3.63) is 77.9 Å². The molecule has 4 rings (SSSR count). The molecule has 0 amide bonds. The van der Waals surface area contributed by atoms with Crippen molar-refractivity contribution in [3.8, 4) is 5.75 Å². The van der Waals surface area contributed by atoms with Gasteiger partial charge in [0.2, 0.25) is 0 Å². The molecule has 0 bridgehead atoms. The first-order valence-corrected chi connectivity index (χ1v) is 8.71. The maximum Gasteiger partial charge on any atom is 0.124 e. The molecule has 0 radical (unpaired) electrons. The van der Waals surface area contributed by atoms with Gasteiger partial charge in [-0.1, -0.05) is 60.7 Å². The predicted octanol–water partition coefficient (Wildman–Crippen LogP) is 4.94. The molecule has 2 nitrogen and oxygen atoms in total. The van der Waals surface area contributed by atoms with Gasteiger partial charge in [0.25, 0.3) is 0 Å². The Morgan fingerprint density at radius 2 is 1.71 bits per heavy atom. The molecule has 0 heterocycles. The molecule has 1 aliphatic rings. The highest BCUT2D eigenvalue weighted by molar-refractivity contribution is 5.88. The number of rotatable bonds is 6. The van der Waals surface area contributed by atoms with Gasteiger partial charge in [0, 0.05) is 5.56 Å². The van der Waals surface area contributed by atoms with Crippen molar-refractivity contribution in [1.82, 2.24) is 5.32 Å². The highest BCUT2D eigenvalue weighted by atomic mass is 16.5. The molecule has 2 heteroatoms. The Bertz CT molecular complexity index is 824. The van der Waals surface area contributed by atoms with E-state index in [2.05, 4.69) is 72.0 Å². The fourth-order valence-electron chi connectivity index (χ4n) is 3.39. The Morgan fingerprint density at radius 1 is 0.958 bits per heavy atom. The topological polar surface area (TPSA) is 21.3 Å². The van der Waals surface area contributed by atoms with E-state index in [9.17, 15) is 0 Å². The Labute approximate surface area is 143 Å². The van der Waals surface area contributed by atoms with Gasteiger partial charge in [-0.2, -0.15) is 0 Å². The van der Waals surface area contributed by atoms with Crippen molar-refractivity contribution in [2.24, 2.45) is 5.92 Å². The predicted molar refractivity (Wildman–Crippen MR) is 99.5 cm³/mol. The van der Waals surface area contributed by atoms with Crippen LogP contribution in [0.25, 0.3) is 10.8 Å². The molecule has 3 aromatic rings. The molecule has 24 heavy (non-hydrogen) atoms. The number of fused-ring (bicyclic) bond motifs is 1. The Kier molecular flexibility index (Phi) is 4.22. The molecule has 3 aromatic carbocycles. The van der Waals surface area contributed by atoms with Gasteiger partial charge in [0.05, 0.1) is 13.2 Å². The van der Waals surface area contributed by atoms with E-state index in [4.69, 9.17) is 4.74 Å². The molecule has 0 saturated heterocycles. The van der Waals surface area contributed by atoms with Gasteiger partial charge in [-0.25, -0.2) is 0 Å². The summed E-state index contributed by atoms with van der Waals surface area (Å²) in [5.41, 5.74) is 2.52. The summed E-state index contributed by atoms with van der Waals surface area (Å²) >= 11 is 0. The van der Waals surface area contributed by atoms with Crippen LogP contribution in [0.4, 0.5) is 0 Å². The number of hydrogen-bond acceptors (Lipinski definition) is 2. The Balaban J connectivity index is 1.85. The zero-order chi connectivity index (χ0) is 16.4. The van der Waals surface area contributed by atoms with Crippen LogP contribution in [0, 0.1) is 5.92 Å². The van der Waals surface area contributed by atoms with Gasteiger partial charge in [-0.15, -0.1) is 0 Å². The van der Waals surface area contributed by atoms with Crippen molar-refractivity contribution in [2.75, 3.05) is 13.7 Å². The van der Waals surface area contributed by atoms with E-state index < -0.39 is 0 Å². The van der Waals surface area contributed by atoms with Crippen LogP contribution in [0.2, 0.25) is 0 Å². The standard InChI is InChI=1S/C22H23NO/c1-24-20-14-13-17-7-5-6-10-19(17)21(20)22(23-15-16-11-12-16)18-8-3-2-4-9-18/h2-10,13-14,16,22-23H,11-12,15H2,1H3. The van der Waals surface area contributed by atoms with Gasteiger partial charge in [-0.3, -0.25) is 0 Å². The van der Waals surface area contributed by atoms with Crippen molar-refractivity contribution in [3.63, 3.8) is 0 Å². The molecule has 1 unspecified atom stereocenters. The summed E-state index contributed by atoms with van der Waals surface area (Å²) in [5, 5.41) is 6.31. The van der Waals surface area contributed by atoms with Gasteiger partial charge in [0.1, 0.15) is 5.75 Å². The van der Waals surface area contributed by atoms with E-state index in [0.29, 0.717) is 0 Å². The Hall–Kier alpha value is -2.32. The molecule has 1 fully saturated rings. The van der Waals surface area contributed by atoms with Crippen LogP contribution in [-0.4, -0.2) is 13.7 Å². The molecular weight excluding hydrogens is 294 g/mol. The van der Waals surface area contributed by atoms with Gasteiger partial charge in [-0.05, 0) is 47.7 Å². The third-order valence-electron chi connectivity index (χ3n) is 4.88. The number of methoxy groups -OCH3 is 1.